The van der Waals surface area contributed by atoms with E-state index in [0.717, 1.165) is 22.7 Å². The van der Waals surface area contributed by atoms with Crippen LogP contribution in [0.2, 0.25) is 5.02 Å². The van der Waals surface area contributed by atoms with E-state index in [4.69, 9.17) is 16.3 Å². The molecule has 0 aliphatic carbocycles. The minimum Gasteiger partial charge on any atom is -0.497 e. The number of nitrogens with one attached hydrogen (secondary N) is 2. The number of ether oxygens (including phenoxy) is 1. The van der Waals surface area contributed by atoms with Crippen molar-refractivity contribution in [1.29, 1.82) is 0 Å². The van der Waals surface area contributed by atoms with Crippen molar-refractivity contribution in [3.05, 3.63) is 64.4 Å². The number of hydrogen-bond donors (Lipinski definition) is 2. The molecule has 0 unspecified atom stereocenters. The van der Waals surface area contributed by atoms with Crippen LogP contribution in [0, 0.1) is 13.8 Å². The van der Waals surface area contributed by atoms with Gasteiger partial charge in [-0.25, -0.2) is 4.68 Å². The predicted molar refractivity (Wildman–Crippen MR) is 114 cm³/mol. The van der Waals surface area contributed by atoms with Gasteiger partial charge in [-0.3, -0.25) is 4.79 Å². The van der Waals surface area contributed by atoms with Gasteiger partial charge in [-0.2, -0.15) is 0 Å². The largest absolute Gasteiger partial charge is 0.497 e. The van der Waals surface area contributed by atoms with Gasteiger partial charge in [0.2, 0.25) is 11.1 Å². The summed E-state index contributed by atoms with van der Waals surface area (Å²) in [6.07, 6.45) is 0. The number of halogens is 1. The second kappa shape index (κ2) is 7.96. The number of anilines is 1. The Morgan fingerprint density at radius 1 is 1.21 bits per heavy atom. The topological polar surface area (TPSA) is 81.1 Å². The number of benzene rings is 2. The molecule has 0 bridgehead atoms. The molecule has 29 heavy (non-hydrogen) atoms. The van der Waals surface area contributed by atoms with Gasteiger partial charge in [0.1, 0.15) is 16.8 Å². The number of rotatable bonds is 4. The molecule has 1 amide bonds. The lowest BCUT2D eigenvalue weighted by Crippen LogP contribution is -2.41. The number of aryl methyl sites for hydroxylation is 1. The molecule has 0 spiro atoms. The van der Waals surface area contributed by atoms with Crippen molar-refractivity contribution >= 4 is 35.0 Å². The second-order valence-corrected chi connectivity index (χ2v) is 8.20. The number of carbonyl (C=O) groups excluding carboxylic acids is 1. The van der Waals surface area contributed by atoms with E-state index in [9.17, 15) is 4.79 Å². The zero-order valence-corrected chi connectivity index (χ0v) is 17.7. The summed E-state index contributed by atoms with van der Waals surface area (Å²) in [7, 11) is 1.63. The quantitative estimate of drug-likeness (QED) is 0.653. The van der Waals surface area contributed by atoms with Gasteiger partial charge < -0.3 is 15.5 Å². The molecule has 1 aliphatic heterocycles. The fourth-order valence-electron chi connectivity index (χ4n) is 3.17. The summed E-state index contributed by atoms with van der Waals surface area (Å²) >= 11 is 7.58. The Morgan fingerprint density at radius 3 is 2.69 bits per heavy atom. The number of carbonyl (C=O) groups is 1. The SMILES string of the molecule is COc1ccc([C@H]2Nn3c(C)nnc3S[C@@H]2C(=O)Nc2cccc(Cl)c2C)cc1. The molecule has 0 fully saturated rings. The van der Waals surface area contributed by atoms with Gasteiger partial charge in [-0.05, 0) is 49.2 Å². The fraction of sp³-hybridized carbons (Fsp3) is 0.250. The van der Waals surface area contributed by atoms with Gasteiger partial charge in [-0.15, -0.1) is 10.2 Å². The van der Waals surface area contributed by atoms with E-state index in [1.54, 1.807) is 13.2 Å². The molecule has 2 N–H and O–H groups in total. The van der Waals surface area contributed by atoms with Crippen molar-refractivity contribution in [3.8, 4) is 5.75 Å². The van der Waals surface area contributed by atoms with Crippen molar-refractivity contribution in [1.82, 2.24) is 14.9 Å². The maximum Gasteiger partial charge on any atom is 0.240 e. The molecule has 7 nitrogen and oxygen atoms in total. The summed E-state index contributed by atoms with van der Waals surface area (Å²) in [5, 5.41) is 12.1. The monoisotopic (exact) mass is 429 g/mol. The molecule has 3 aromatic rings. The first-order valence-corrected chi connectivity index (χ1v) is 10.3. The van der Waals surface area contributed by atoms with Gasteiger partial charge >= 0.3 is 0 Å². The minimum atomic E-state index is -0.460. The highest BCUT2D eigenvalue weighted by Crippen LogP contribution is 2.38. The van der Waals surface area contributed by atoms with Crippen LogP contribution in [0.5, 0.6) is 5.75 Å². The second-order valence-electron chi connectivity index (χ2n) is 6.69. The van der Waals surface area contributed by atoms with Gasteiger partial charge in [0, 0.05) is 10.7 Å². The third-order valence-corrected chi connectivity index (χ3v) is 6.48. The number of amides is 1. The highest BCUT2D eigenvalue weighted by Gasteiger charge is 2.37. The number of methoxy groups -OCH3 is 1. The molecule has 2 aromatic carbocycles. The van der Waals surface area contributed by atoms with Crippen molar-refractivity contribution in [2.45, 2.75) is 30.3 Å². The lowest BCUT2D eigenvalue weighted by molar-refractivity contribution is -0.116. The van der Waals surface area contributed by atoms with Crippen molar-refractivity contribution in [2.24, 2.45) is 0 Å². The third-order valence-electron chi connectivity index (χ3n) is 4.86. The van der Waals surface area contributed by atoms with Crippen molar-refractivity contribution in [2.75, 3.05) is 17.9 Å². The maximum atomic E-state index is 13.3. The van der Waals surface area contributed by atoms with E-state index < -0.39 is 5.25 Å². The van der Waals surface area contributed by atoms with E-state index in [1.807, 2.05) is 54.9 Å². The molecule has 9 heteroatoms. The summed E-state index contributed by atoms with van der Waals surface area (Å²) in [6.45, 7) is 3.75. The Labute approximate surface area is 177 Å². The first kappa shape index (κ1) is 19.6. The van der Waals surface area contributed by atoms with Crippen LogP contribution in [0.25, 0.3) is 0 Å². The van der Waals surface area contributed by atoms with Crippen LogP contribution in [0.4, 0.5) is 5.69 Å². The molecule has 2 heterocycles. The van der Waals surface area contributed by atoms with E-state index >= 15 is 0 Å². The van der Waals surface area contributed by atoms with E-state index in [0.29, 0.717) is 15.9 Å². The van der Waals surface area contributed by atoms with Gasteiger partial charge in [-0.1, -0.05) is 41.6 Å². The van der Waals surface area contributed by atoms with Gasteiger partial charge in [0.05, 0.1) is 13.2 Å². The van der Waals surface area contributed by atoms with E-state index in [1.165, 1.54) is 11.8 Å². The number of nitrogens with zero attached hydrogens (tertiary/aromatic N) is 3. The van der Waals surface area contributed by atoms with Gasteiger partial charge in [0.25, 0.3) is 0 Å². The summed E-state index contributed by atoms with van der Waals surface area (Å²) in [5.41, 5.74) is 5.87. The van der Waals surface area contributed by atoms with Crippen molar-refractivity contribution < 1.29 is 9.53 Å². The third kappa shape index (κ3) is 3.77. The highest BCUT2D eigenvalue weighted by atomic mass is 35.5. The van der Waals surface area contributed by atoms with Crippen LogP contribution in [0.3, 0.4) is 0 Å². The molecule has 150 valence electrons. The highest BCUT2D eigenvalue weighted by molar-refractivity contribution is 8.00. The van der Waals surface area contributed by atoms with Crippen molar-refractivity contribution in [3.63, 3.8) is 0 Å². The number of aromatic nitrogens is 3. The van der Waals surface area contributed by atoms with Gasteiger partial charge in [0.15, 0.2) is 0 Å². The molecule has 1 aromatic heterocycles. The molecule has 2 atom stereocenters. The lowest BCUT2D eigenvalue weighted by atomic mass is 10.0. The number of thioether (sulfide) groups is 1. The average molecular weight is 430 g/mol. The van der Waals surface area contributed by atoms with Crippen LogP contribution >= 0.6 is 23.4 Å². The Balaban J connectivity index is 1.67. The maximum absolute atomic E-state index is 13.3. The van der Waals surface area contributed by atoms with Crippen LogP contribution in [0.15, 0.2) is 47.6 Å². The number of fused-ring (bicyclic) bond motifs is 1. The Hall–Kier alpha value is -2.71. The summed E-state index contributed by atoms with van der Waals surface area (Å²) in [6, 6.07) is 12.8. The van der Waals surface area contributed by atoms with Crippen LogP contribution in [-0.4, -0.2) is 33.1 Å². The zero-order valence-electron chi connectivity index (χ0n) is 16.1. The molecule has 0 radical (unpaired) electrons. The smallest absolute Gasteiger partial charge is 0.240 e. The molecule has 0 saturated carbocycles. The lowest BCUT2D eigenvalue weighted by Gasteiger charge is -2.33. The predicted octanol–water partition coefficient (Wildman–Crippen LogP) is 3.95. The first-order valence-electron chi connectivity index (χ1n) is 9.03. The number of hydrogen-bond acceptors (Lipinski definition) is 6. The molecule has 4 rings (SSSR count). The van der Waals surface area contributed by atoms with Crippen LogP contribution in [-0.2, 0) is 4.79 Å². The molecular weight excluding hydrogens is 410 g/mol. The Kier molecular flexibility index (Phi) is 5.38. The van der Waals surface area contributed by atoms with E-state index in [2.05, 4.69) is 20.9 Å². The Bertz CT molecular complexity index is 1050. The standard InChI is InChI=1S/C20H20ClN5O2S/c1-11-15(21)5-4-6-16(11)22-19(27)18-17(13-7-9-14(28-3)10-8-13)25-26-12(2)23-24-20(26)29-18/h4-10,17-18,25H,1-3H3,(H,22,27)/t17-,18+/m1/s1. The van der Waals surface area contributed by atoms with E-state index in [-0.39, 0.29) is 11.9 Å². The fourth-order valence-corrected chi connectivity index (χ4v) is 4.47. The first-order chi connectivity index (χ1) is 14.0. The minimum absolute atomic E-state index is 0.138. The Morgan fingerprint density at radius 2 is 1.97 bits per heavy atom. The average Bonchev–Trinajstić information content (AvgIpc) is 3.10. The summed E-state index contributed by atoms with van der Waals surface area (Å²) in [4.78, 5) is 13.3. The zero-order chi connectivity index (χ0) is 20.5. The normalized spacial score (nSPS) is 17.9. The van der Waals surface area contributed by atoms with Crippen LogP contribution in [0.1, 0.15) is 23.0 Å². The molecular formula is C20H20ClN5O2S. The summed E-state index contributed by atoms with van der Waals surface area (Å²) in [5.74, 6) is 1.35. The molecule has 0 saturated heterocycles. The molecule has 1 aliphatic rings. The summed E-state index contributed by atoms with van der Waals surface area (Å²) < 4.78 is 7.07. The van der Waals surface area contributed by atoms with Crippen LogP contribution < -0.4 is 15.5 Å².